The van der Waals surface area contributed by atoms with E-state index in [-0.39, 0.29) is 69.7 Å². The molecule has 1 aliphatic heterocycles. The number of ether oxygens (including phenoxy) is 4. The highest BCUT2D eigenvalue weighted by molar-refractivity contribution is 8.00. The smallest absolute Gasteiger partial charge is 0.305 e. The van der Waals surface area contributed by atoms with E-state index < -0.39 is 23.6 Å². The molecule has 0 aromatic carbocycles. The van der Waals surface area contributed by atoms with Crippen LogP contribution in [-0.2, 0) is 38.1 Å². The first-order valence-electron chi connectivity index (χ1n) is 11.0. The van der Waals surface area contributed by atoms with E-state index in [2.05, 4.69) is 5.32 Å². The van der Waals surface area contributed by atoms with Crippen LogP contribution in [0, 0.1) is 0 Å². The zero-order valence-electron chi connectivity index (χ0n) is 19.6. The number of methoxy groups -OCH3 is 2. The summed E-state index contributed by atoms with van der Waals surface area (Å²) in [5.41, 5.74) is 0. The molecule has 33 heavy (non-hydrogen) atoms. The van der Waals surface area contributed by atoms with E-state index >= 15 is 0 Å². The van der Waals surface area contributed by atoms with Crippen LogP contribution in [0.5, 0.6) is 0 Å². The number of likely N-dealkylation sites (tertiary alicyclic amines) is 1. The van der Waals surface area contributed by atoms with Crippen LogP contribution in [0.1, 0.15) is 39.0 Å². The van der Waals surface area contributed by atoms with Gasteiger partial charge in [0.25, 0.3) is 0 Å². The number of thioether (sulfide) groups is 1. The first-order chi connectivity index (χ1) is 15.9. The van der Waals surface area contributed by atoms with Gasteiger partial charge in [0.1, 0.15) is 6.61 Å². The maximum atomic E-state index is 12.3. The van der Waals surface area contributed by atoms with E-state index in [1.165, 1.54) is 23.8 Å². The summed E-state index contributed by atoms with van der Waals surface area (Å²) in [5, 5.41) is 11.4. The van der Waals surface area contributed by atoms with Crippen molar-refractivity contribution in [2.24, 2.45) is 0 Å². The van der Waals surface area contributed by atoms with Crippen molar-refractivity contribution in [1.29, 1.82) is 0 Å². The van der Waals surface area contributed by atoms with Crippen molar-refractivity contribution in [3.63, 3.8) is 0 Å². The number of esters is 1. The van der Waals surface area contributed by atoms with E-state index in [1.54, 1.807) is 7.11 Å². The van der Waals surface area contributed by atoms with Gasteiger partial charge in [-0.15, -0.1) is 11.8 Å². The number of aliphatic hydroxyl groups excluding tert-OH is 1. The number of nitrogens with zero attached hydrogens (tertiary/aromatic N) is 1. The van der Waals surface area contributed by atoms with Crippen LogP contribution >= 0.6 is 11.8 Å². The number of hydrogen-bond acceptors (Lipinski definition) is 10. The van der Waals surface area contributed by atoms with Gasteiger partial charge in [-0.05, 0) is 12.8 Å². The van der Waals surface area contributed by atoms with Crippen molar-refractivity contribution in [2.75, 3.05) is 52.9 Å². The molecule has 3 unspecified atom stereocenters. The predicted octanol–water partition coefficient (Wildman–Crippen LogP) is 0.0832. The Labute approximate surface area is 198 Å². The van der Waals surface area contributed by atoms with Crippen LogP contribution in [0.15, 0.2) is 0 Å². The fourth-order valence-electron chi connectivity index (χ4n) is 2.96. The van der Waals surface area contributed by atoms with Gasteiger partial charge in [0.15, 0.2) is 6.29 Å². The molecule has 2 N–H and O–H groups in total. The van der Waals surface area contributed by atoms with E-state index in [0.29, 0.717) is 18.8 Å². The quantitative estimate of drug-likeness (QED) is 0.117. The minimum absolute atomic E-state index is 0.0462. The minimum Gasteiger partial charge on any atom is -0.460 e. The van der Waals surface area contributed by atoms with Gasteiger partial charge in [0.05, 0.1) is 24.6 Å². The molecule has 0 aromatic rings. The Balaban J connectivity index is 2.20. The van der Waals surface area contributed by atoms with Gasteiger partial charge < -0.3 is 29.4 Å². The third-order valence-corrected chi connectivity index (χ3v) is 6.07. The fourth-order valence-corrected chi connectivity index (χ4v) is 4.04. The minimum atomic E-state index is -0.775. The molecule has 3 amide bonds. The highest BCUT2D eigenvalue weighted by Gasteiger charge is 2.38. The van der Waals surface area contributed by atoms with E-state index in [9.17, 15) is 19.2 Å². The van der Waals surface area contributed by atoms with Gasteiger partial charge in [0, 0.05) is 52.3 Å². The fraction of sp³-hybridized carbons (Fsp3) is 0.810. The third kappa shape index (κ3) is 11.3. The molecule has 0 saturated carbocycles. The van der Waals surface area contributed by atoms with Crippen LogP contribution in [0.25, 0.3) is 0 Å². The standard InChI is InChI=1S/C21H36N2O9S/c1-4-15(13-24)32-20(30-3)14-31-19(27)7-5-6-17(25)22-8-9-23-18(26)12-16(21(23)28)33-11-10-29-2/h15-16,20,24H,4-14H2,1-3H3,(H,22,25). The predicted molar refractivity (Wildman–Crippen MR) is 120 cm³/mol. The second-order valence-electron chi connectivity index (χ2n) is 7.34. The average molecular weight is 493 g/mol. The largest absolute Gasteiger partial charge is 0.460 e. The van der Waals surface area contributed by atoms with Gasteiger partial charge in [-0.3, -0.25) is 24.1 Å². The highest BCUT2D eigenvalue weighted by Crippen LogP contribution is 2.24. The Morgan fingerprint density at radius 1 is 1.27 bits per heavy atom. The van der Waals surface area contributed by atoms with Crippen molar-refractivity contribution in [3.8, 4) is 0 Å². The lowest BCUT2D eigenvalue weighted by molar-refractivity contribution is -0.194. The Morgan fingerprint density at radius 3 is 2.67 bits per heavy atom. The normalized spacial score (nSPS) is 17.8. The van der Waals surface area contributed by atoms with Crippen molar-refractivity contribution in [3.05, 3.63) is 0 Å². The molecular weight excluding hydrogens is 456 g/mol. The molecule has 1 saturated heterocycles. The lowest BCUT2D eigenvalue weighted by Crippen LogP contribution is -2.38. The zero-order chi connectivity index (χ0) is 24.6. The highest BCUT2D eigenvalue weighted by atomic mass is 32.2. The number of rotatable bonds is 18. The summed E-state index contributed by atoms with van der Waals surface area (Å²) in [6, 6.07) is 0. The third-order valence-electron chi connectivity index (χ3n) is 4.90. The molecule has 1 fully saturated rings. The SMILES string of the molecule is CCC(CO)OC(COC(=O)CCCC(=O)NCCN1C(=O)CC(SCCOC)C1=O)OC. The number of carbonyl (C=O) groups is 4. The summed E-state index contributed by atoms with van der Waals surface area (Å²) in [7, 11) is 2.99. The van der Waals surface area contributed by atoms with Crippen LogP contribution in [0.4, 0.5) is 0 Å². The Kier molecular flexibility index (Phi) is 14.9. The van der Waals surface area contributed by atoms with Gasteiger partial charge >= 0.3 is 5.97 Å². The summed E-state index contributed by atoms with van der Waals surface area (Å²) < 4.78 is 20.6. The molecule has 1 aliphatic rings. The van der Waals surface area contributed by atoms with Crippen LogP contribution < -0.4 is 5.32 Å². The van der Waals surface area contributed by atoms with Crippen LogP contribution in [0.3, 0.4) is 0 Å². The van der Waals surface area contributed by atoms with Crippen molar-refractivity contribution in [2.45, 2.75) is 56.7 Å². The van der Waals surface area contributed by atoms with Crippen molar-refractivity contribution in [1.82, 2.24) is 10.2 Å². The van der Waals surface area contributed by atoms with E-state index in [0.717, 1.165) is 0 Å². The second kappa shape index (κ2) is 16.8. The van der Waals surface area contributed by atoms with Gasteiger partial charge in [0.2, 0.25) is 17.7 Å². The molecule has 0 bridgehead atoms. The number of aliphatic hydroxyl groups is 1. The van der Waals surface area contributed by atoms with Crippen molar-refractivity contribution >= 4 is 35.5 Å². The summed E-state index contributed by atoms with van der Waals surface area (Å²) in [4.78, 5) is 49.3. The number of imide groups is 1. The summed E-state index contributed by atoms with van der Waals surface area (Å²) in [6.07, 6.45) is 0.0260. The van der Waals surface area contributed by atoms with Gasteiger partial charge in [-0.2, -0.15) is 0 Å². The number of amides is 3. The summed E-state index contributed by atoms with van der Waals surface area (Å²) in [6.45, 7) is 2.38. The maximum absolute atomic E-state index is 12.3. The Bertz CT molecular complexity index is 631. The van der Waals surface area contributed by atoms with Crippen LogP contribution in [-0.4, -0.2) is 104 Å². The molecule has 190 valence electrons. The first-order valence-corrected chi connectivity index (χ1v) is 12.1. The molecule has 0 spiro atoms. The summed E-state index contributed by atoms with van der Waals surface area (Å²) in [5.74, 6) is -0.612. The molecule has 11 nitrogen and oxygen atoms in total. The summed E-state index contributed by atoms with van der Waals surface area (Å²) >= 11 is 1.39. The first kappa shape index (κ1) is 29.3. The van der Waals surface area contributed by atoms with Crippen LogP contribution in [0.2, 0.25) is 0 Å². The number of nitrogens with one attached hydrogen (secondary N) is 1. The molecule has 1 rings (SSSR count). The lowest BCUT2D eigenvalue weighted by Gasteiger charge is -2.21. The van der Waals surface area contributed by atoms with E-state index in [4.69, 9.17) is 24.1 Å². The molecule has 1 heterocycles. The lowest BCUT2D eigenvalue weighted by atomic mass is 10.2. The number of carbonyl (C=O) groups excluding carboxylic acids is 4. The molecule has 12 heteroatoms. The monoisotopic (exact) mass is 492 g/mol. The number of hydrogen-bond donors (Lipinski definition) is 2. The topological polar surface area (TPSA) is 141 Å². The Hall–Kier alpha value is -1.73. The average Bonchev–Trinajstić information content (AvgIpc) is 3.07. The Morgan fingerprint density at radius 2 is 2.03 bits per heavy atom. The molecule has 0 aliphatic carbocycles. The molecular formula is C21H36N2O9S. The second-order valence-corrected chi connectivity index (χ2v) is 8.65. The maximum Gasteiger partial charge on any atom is 0.305 e. The molecule has 0 radical (unpaired) electrons. The van der Waals surface area contributed by atoms with Gasteiger partial charge in [-0.1, -0.05) is 6.92 Å². The molecule has 0 aromatic heterocycles. The van der Waals surface area contributed by atoms with Gasteiger partial charge in [-0.25, -0.2) is 0 Å². The zero-order valence-corrected chi connectivity index (χ0v) is 20.4. The van der Waals surface area contributed by atoms with E-state index in [1.807, 2.05) is 6.92 Å². The van der Waals surface area contributed by atoms with Crippen molar-refractivity contribution < 1.29 is 43.2 Å². The molecule has 3 atom stereocenters.